The molecule has 0 fully saturated rings. The topological polar surface area (TPSA) is 9.23 Å². The molecule has 1 aromatic carbocycles. The standard InChI is InChI=1S/C11H24S.C10H22S.C9H12O.C8H18S.C6H14S.C3H8/c1-3-4-5-6-7-8-9-10-11-12-2;1-3-4-5-6-7-8-9-10-11-2;1-3-8-5-4-6-9(7-8)10-2;1-3-4-5-6-7-8-9-2;1-3-4-5-6-7-2;1-3-2/h3-11H2,1-2H3;3-10H2,1-2H3;4-7H,3H2,1-2H3;3-8H2,1-2H3;3-6H2,1-2H3;3H2,1-2H3. The molecule has 0 heterocycles. The number of hydrogen-bond acceptors (Lipinski definition) is 5. The Bertz CT molecular complexity index is 611. The molecule has 0 amide bonds. The largest absolute Gasteiger partial charge is 0.497 e. The van der Waals surface area contributed by atoms with Crippen LogP contribution in [-0.2, 0) is 6.42 Å². The summed E-state index contributed by atoms with van der Waals surface area (Å²) in [4.78, 5) is 0. The van der Waals surface area contributed by atoms with E-state index in [9.17, 15) is 0 Å². The first-order chi connectivity index (χ1) is 25.4. The summed E-state index contributed by atoms with van der Waals surface area (Å²) in [5.74, 6) is 6.35. The van der Waals surface area contributed by atoms with E-state index in [2.05, 4.69) is 85.6 Å². The molecular weight excluding hydrogens is 709 g/mol. The molecule has 0 unspecified atom stereocenters. The van der Waals surface area contributed by atoms with Crippen molar-refractivity contribution in [3.05, 3.63) is 29.8 Å². The van der Waals surface area contributed by atoms with E-state index >= 15 is 0 Å². The van der Waals surface area contributed by atoms with Crippen LogP contribution in [-0.4, -0.2) is 55.1 Å². The molecule has 52 heavy (non-hydrogen) atoms. The zero-order valence-corrected chi connectivity index (χ0v) is 41.1. The van der Waals surface area contributed by atoms with E-state index in [1.54, 1.807) is 7.11 Å². The lowest BCUT2D eigenvalue weighted by atomic mass is 10.1. The molecule has 316 valence electrons. The fourth-order valence-corrected chi connectivity index (χ4v) is 6.79. The number of rotatable bonds is 29. The molecule has 0 aliphatic heterocycles. The highest BCUT2D eigenvalue weighted by atomic mass is 32.2. The van der Waals surface area contributed by atoms with Crippen LogP contribution in [0.25, 0.3) is 0 Å². The Morgan fingerprint density at radius 2 is 0.673 bits per heavy atom. The number of methoxy groups -OCH3 is 1. The Morgan fingerprint density at radius 3 is 0.942 bits per heavy atom. The van der Waals surface area contributed by atoms with Gasteiger partial charge in [0.05, 0.1) is 7.11 Å². The Labute approximate surface area is 349 Å². The maximum Gasteiger partial charge on any atom is 0.119 e. The maximum absolute atomic E-state index is 5.06. The second-order valence-electron chi connectivity index (χ2n) is 13.6. The number of thioether (sulfide) groups is 4. The van der Waals surface area contributed by atoms with Gasteiger partial charge in [-0.25, -0.2) is 0 Å². The third-order valence-electron chi connectivity index (χ3n) is 8.10. The van der Waals surface area contributed by atoms with Crippen LogP contribution >= 0.6 is 47.0 Å². The van der Waals surface area contributed by atoms with Crippen molar-refractivity contribution in [2.75, 3.05) is 55.1 Å². The molecule has 0 aliphatic carbocycles. The summed E-state index contributed by atoms with van der Waals surface area (Å²) in [6.45, 7) is 15.4. The number of ether oxygens (including phenoxy) is 1. The Kier molecular flexibility index (Phi) is 78.5. The van der Waals surface area contributed by atoms with Crippen LogP contribution in [0.3, 0.4) is 0 Å². The van der Waals surface area contributed by atoms with Crippen molar-refractivity contribution >= 4 is 47.0 Å². The zero-order valence-electron chi connectivity index (χ0n) is 37.9. The Morgan fingerprint density at radius 1 is 0.404 bits per heavy atom. The average molecular weight is 808 g/mol. The lowest BCUT2D eigenvalue weighted by Crippen LogP contribution is -1.84. The molecule has 0 aromatic heterocycles. The smallest absolute Gasteiger partial charge is 0.119 e. The van der Waals surface area contributed by atoms with Gasteiger partial charge in [0.2, 0.25) is 0 Å². The van der Waals surface area contributed by atoms with Gasteiger partial charge in [-0.15, -0.1) is 0 Å². The molecule has 1 nitrogen and oxygen atoms in total. The molecule has 0 spiro atoms. The molecule has 0 saturated heterocycles. The predicted molar refractivity (Wildman–Crippen MR) is 261 cm³/mol. The minimum Gasteiger partial charge on any atom is -0.497 e. The summed E-state index contributed by atoms with van der Waals surface area (Å²) < 4.78 is 5.06. The number of hydrogen-bond donors (Lipinski definition) is 0. The van der Waals surface area contributed by atoms with E-state index < -0.39 is 0 Å². The zero-order chi connectivity index (χ0) is 40.0. The van der Waals surface area contributed by atoms with E-state index in [1.807, 2.05) is 59.2 Å². The van der Waals surface area contributed by atoms with Gasteiger partial charge in [0, 0.05) is 0 Å². The normalized spacial score (nSPS) is 9.77. The second kappa shape index (κ2) is 66.2. The van der Waals surface area contributed by atoms with Gasteiger partial charge in [-0.1, -0.05) is 189 Å². The fraction of sp³-hybridized carbons (Fsp3) is 0.872. The van der Waals surface area contributed by atoms with Crippen LogP contribution in [0.5, 0.6) is 5.75 Å². The molecule has 0 N–H and O–H groups in total. The van der Waals surface area contributed by atoms with Crippen molar-refractivity contribution in [1.29, 1.82) is 0 Å². The lowest BCUT2D eigenvalue weighted by molar-refractivity contribution is 0.414. The molecule has 0 aliphatic rings. The maximum atomic E-state index is 5.06. The SMILES string of the molecule is CCC.CCCCCCCCCCSC.CCCCCCCCCSC.CCCCCCCSC.CCCCCSC.CCc1cccc(OC)c1. The summed E-state index contributed by atoms with van der Waals surface area (Å²) in [5, 5.41) is 0. The van der Waals surface area contributed by atoms with Gasteiger partial charge in [-0.2, -0.15) is 47.0 Å². The highest BCUT2D eigenvalue weighted by Crippen LogP contribution is 2.13. The summed E-state index contributed by atoms with van der Waals surface area (Å²) in [6.07, 6.45) is 43.9. The predicted octanol–water partition coefficient (Wildman–Crippen LogP) is 18.1. The average Bonchev–Trinajstić information content (AvgIpc) is 3.17. The highest BCUT2D eigenvalue weighted by Gasteiger charge is 1.92. The van der Waals surface area contributed by atoms with Gasteiger partial charge < -0.3 is 4.74 Å². The second-order valence-corrected chi connectivity index (χ2v) is 17.5. The van der Waals surface area contributed by atoms with Crippen LogP contribution in [0.1, 0.15) is 208 Å². The molecule has 0 radical (unpaired) electrons. The van der Waals surface area contributed by atoms with Crippen molar-refractivity contribution in [3.8, 4) is 5.75 Å². The summed E-state index contributed by atoms with van der Waals surface area (Å²) in [5.41, 5.74) is 1.32. The summed E-state index contributed by atoms with van der Waals surface area (Å²) in [7, 11) is 1.69. The fourth-order valence-electron chi connectivity index (χ4n) is 4.82. The van der Waals surface area contributed by atoms with E-state index in [-0.39, 0.29) is 0 Å². The van der Waals surface area contributed by atoms with Gasteiger partial charge in [0.25, 0.3) is 0 Å². The van der Waals surface area contributed by atoms with Gasteiger partial charge in [0.1, 0.15) is 5.75 Å². The van der Waals surface area contributed by atoms with Crippen LogP contribution in [0.4, 0.5) is 0 Å². The van der Waals surface area contributed by atoms with Gasteiger partial charge in [0.15, 0.2) is 0 Å². The highest BCUT2D eigenvalue weighted by molar-refractivity contribution is 7.99. The van der Waals surface area contributed by atoms with Crippen molar-refractivity contribution in [1.82, 2.24) is 0 Å². The third kappa shape index (κ3) is 71.8. The lowest BCUT2D eigenvalue weighted by Gasteiger charge is -2.00. The molecule has 1 rings (SSSR count). The summed E-state index contributed by atoms with van der Waals surface area (Å²) in [6, 6.07) is 8.12. The van der Waals surface area contributed by atoms with Gasteiger partial charge >= 0.3 is 0 Å². The molecule has 5 heteroatoms. The van der Waals surface area contributed by atoms with Crippen LogP contribution in [0, 0.1) is 0 Å². The van der Waals surface area contributed by atoms with Crippen molar-refractivity contribution in [3.63, 3.8) is 0 Å². The number of aryl methyl sites for hydroxylation is 1. The van der Waals surface area contributed by atoms with E-state index in [4.69, 9.17) is 4.74 Å². The minimum absolute atomic E-state index is 0.944. The van der Waals surface area contributed by atoms with Crippen LogP contribution < -0.4 is 4.74 Å². The van der Waals surface area contributed by atoms with Crippen LogP contribution in [0.2, 0.25) is 0 Å². The quantitative estimate of drug-likeness (QED) is 0.0744. The summed E-state index contributed by atoms with van der Waals surface area (Å²) >= 11 is 7.84. The van der Waals surface area contributed by atoms with E-state index in [0.29, 0.717) is 0 Å². The van der Waals surface area contributed by atoms with Gasteiger partial charge in [-0.3, -0.25) is 0 Å². The van der Waals surface area contributed by atoms with Crippen molar-refractivity contribution < 1.29 is 4.74 Å². The molecule has 0 saturated carbocycles. The minimum atomic E-state index is 0.944. The van der Waals surface area contributed by atoms with E-state index in [0.717, 1.165) is 12.2 Å². The monoisotopic (exact) mass is 807 g/mol. The van der Waals surface area contributed by atoms with E-state index in [1.165, 1.54) is 183 Å². The third-order valence-corrected chi connectivity index (χ3v) is 10.9. The first-order valence-electron chi connectivity index (χ1n) is 22.0. The van der Waals surface area contributed by atoms with Crippen molar-refractivity contribution in [2.24, 2.45) is 0 Å². The number of benzene rings is 1. The molecule has 1 aromatic rings. The molecular formula is C47H98OS4. The first kappa shape index (κ1) is 61.6. The molecule has 0 atom stereocenters. The first-order valence-corrected chi connectivity index (χ1v) is 27.6. The molecule has 0 bridgehead atoms. The van der Waals surface area contributed by atoms with Gasteiger partial charge in [-0.05, 0) is 97.8 Å². The van der Waals surface area contributed by atoms with Crippen LogP contribution in [0.15, 0.2) is 24.3 Å². The van der Waals surface area contributed by atoms with Crippen molar-refractivity contribution in [2.45, 2.75) is 209 Å². The number of unbranched alkanes of at least 4 members (excludes halogenated alkanes) is 19. The Balaban J connectivity index is -0.000000175. The Hall–Kier alpha value is 0.420.